The van der Waals surface area contributed by atoms with Gasteiger partial charge in [-0.3, -0.25) is 19.5 Å². The Morgan fingerprint density at radius 3 is 2.59 bits per heavy atom. The van der Waals surface area contributed by atoms with E-state index in [1.807, 2.05) is 26.8 Å². The van der Waals surface area contributed by atoms with Crippen molar-refractivity contribution >= 4 is 40.0 Å². The Morgan fingerprint density at radius 2 is 1.93 bits per heavy atom. The summed E-state index contributed by atoms with van der Waals surface area (Å²) in [7, 11) is 0. The highest BCUT2D eigenvalue weighted by Gasteiger charge is 2.19. The number of nitro groups is 1. The SMILES string of the molecule is CC(C)n1c(S[C@H](C)c2cccc([N+](=O)[O-])c2)nc2cc(Cl)ccc2c1=O. The molecule has 140 valence electrons. The average molecular weight is 404 g/mol. The normalized spacial score (nSPS) is 12.5. The van der Waals surface area contributed by atoms with Crippen LogP contribution in [0.3, 0.4) is 0 Å². The molecule has 1 heterocycles. The molecular weight excluding hydrogens is 386 g/mol. The first-order valence-corrected chi connectivity index (χ1v) is 9.66. The third-order valence-electron chi connectivity index (χ3n) is 4.18. The van der Waals surface area contributed by atoms with Crippen LogP contribution in [0.5, 0.6) is 0 Å². The first-order chi connectivity index (χ1) is 12.8. The molecule has 0 saturated carbocycles. The minimum absolute atomic E-state index is 0.0412. The van der Waals surface area contributed by atoms with E-state index in [4.69, 9.17) is 11.6 Å². The van der Waals surface area contributed by atoms with Crippen molar-refractivity contribution in [1.29, 1.82) is 0 Å². The molecule has 8 heteroatoms. The monoisotopic (exact) mass is 403 g/mol. The molecule has 6 nitrogen and oxygen atoms in total. The van der Waals surface area contributed by atoms with Crippen LogP contribution in [0.25, 0.3) is 10.9 Å². The molecule has 2 aromatic carbocycles. The van der Waals surface area contributed by atoms with Gasteiger partial charge < -0.3 is 0 Å². The second kappa shape index (κ2) is 7.70. The molecule has 3 aromatic rings. The van der Waals surface area contributed by atoms with Crippen molar-refractivity contribution in [3.63, 3.8) is 0 Å². The lowest BCUT2D eigenvalue weighted by molar-refractivity contribution is -0.384. The number of halogens is 1. The molecule has 27 heavy (non-hydrogen) atoms. The van der Waals surface area contributed by atoms with Gasteiger partial charge in [0.05, 0.1) is 15.8 Å². The molecule has 0 aliphatic carbocycles. The fourth-order valence-corrected chi connectivity index (χ4v) is 4.13. The summed E-state index contributed by atoms with van der Waals surface area (Å²) in [6.07, 6.45) is 0. The van der Waals surface area contributed by atoms with Gasteiger partial charge in [0.15, 0.2) is 5.16 Å². The quantitative estimate of drug-likeness (QED) is 0.247. The van der Waals surface area contributed by atoms with Crippen molar-refractivity contribution < 1.29 is 4.92 Å². The fraction of sp³-hybridized carbons (Fsp3) is 0.263. The van der Waals surface area contributed by atoms with Crippen molar-refractivity contribution in [1.82, 2.24) is 9.55 Å². The van der Waals surface area contributed by atoms with Crippen LogP contribution in [0.15, 0.2) is 52.4 Å². The van der Waals surface area contributed by atoms with Crippen molar-refractivity contribution in [2.24, 2.45) is 0 Å². The molecule has 0 saturated heterocycles. The highest BCUT2D eigenvalue weighted by molar-refractivity contribution is 7.99. The summed E-state index contributed by atoms with van der Waals surface area (Å²) in [5, 5.41) is 12.5. The number of rotatable bonds is 5. The van der Waals surface area contributed by atoms with Crippen LogP contribution in [0.1, 0.15) is 37.6 Å². The lowest BCUT2D eigenvalue weighted by Gasteiger charge is -2.19. The lowest BCUT2D eigenvalue weighted by Crippen LogP contribution is -2.25. The standard InChI is InChI=1S/C19H18ClN3O3S/c1-11(2)22-18(24)16-8-7-14(20)10-17(16)21-19(22)27-12(3)13-5-4-6-15(9-13)23(25)26/h4-12H,1-3H3/t12-/m1/s1. The summed E-state index contributed by atoms with van der Waals surface area (Å²) in [4.78, 5) is 28.2. The third kappa shape index (κ3) is 3.99. The van der Waals surface area contributed by atoms with Gasteiger partial charge in [0.1, 0.15) is 0 Å². The third-order valence-corrected chi connectivity index (χ3v) is 5.54. The first kappa shape index (κ1) is 19.4. The van der Waals surface area contributed by atoms with Crippen molar-refractivity contribution in [3.05, 3.63) is 73.5 Å². The van der Waals surface area contributed by atoms with Crippen molar-refractivity contribution in [3.8, 4) is 0 Å². The number of hydrogen-bond acceptors (Lipinski definition) is 5. The van der Waals surface area contributed by atoms with Crippen LogP contribution in [0.2, 0.25) is 5.02 Å². The summed E-state index contributed by atoms with van der Waals surface area (Å²) in [6.45, 7) is 5.78. The minimum Gasteiger partial charge on any atom is -0.285 e. The molecule has 0 radical (unpaired) electrons. The molecule has 0 unspecified atom stereocenters. The number of thioether (sulfide) groups is 1. The molecule has 0 N–H and O–H groups in total. The number of nitrogens with zero attached hydrogens (tertiary/aromatic N) is 3. The lowest BCUT2D eigenvalue weighted by atomic mass is 10.1. The van der Waals surface area contributed by atoms with Gasteiger partial charge in [-0.05, 0) is 44.5 Å². The number of hydrogen-bond donors (Lipinski definition) is 0. The van der Waals surface area contributed by atoms with Crippen LogP contribution >= 0.6 is 23.4 Å². The topological polar surface area (TPSA) is 78.0 Å². The smallest absolute Gasteiger partial charge is 0.269 e. The summed E-state index contributed by atoms with van der Waals surface area (Å²) in [5.41, 5.74) is 1.25. The van der Waals surface area contributed by atoms with E-state index in [0.29, 0.717) is 21.1 Å². The molecule has 3 rings (SSSR count). The van der Waals surface area contributed by atoms with E-state index < -0.39 is 4.92 Å². The summed E-state index contributed by atoms with van der Waals surface area (Å²) >= 11 is 7.45. The number of benzene rings is 2. The van der Waals surface area contributed by atoms with Gasteiger partial charge in [0.25, 0.3) is 11.2 Å². The summed E-state index contributed by atoms with van der Waals surface area (Å²) in [5.74, 6) is 0. The van der Waals surface area contributed by atoms with Crippen molar-refractivity contribution in [2.45, 2.75) is 37.2 Å². The predicted molar refractivity (Wildman–Crippen MR) is 109 cm³/mol. The van der Waals surface area contributed by atoms with E-state index in [1.165, 1.54) is 17.8 Å². The molecule has 0 aliphatic heterocycles. The average Bonchev–Trinajstić information content (AvgIpc) is 2.61. The molecule has 1 aromatic heterocycles. The molecular formula is C19H18ClN3O3S. The summed E-state index contributed by atoms with van der Waals surface area (Å²) < 4.78 is 1.65. The van der Waals surface area contributed by atoms with Gasteiger partial charge >= 0.3 is 0 Å². The van der Waals surface area contributed by atoms with E-state index >= 15 is 0 Å². The van der Waals surface area contributed by atoms with Crippen LogP contribution in [0, 0.1) is 10.1 Å². The maximum atomic E-state index is 12.9. The second-order valence-corrected chi connectivity index (χ2v) is 8.18. The van der Waals surface area contributed by atoms with Gasteiger partial charge in [-0.2, -0.15) is 0 Å². The van der Waals surface area contributed by atoms with Gasteiger partial charge in [-0.1, -0.05) is 35.5 Å². The second-order valence-electron chi connectivity index (χ2n) is 6.44. The largest absolute Gasteiger partial charge is 0.285 e. The zero-order chi connectivity index (χ0) is 19.7. The van der Waals surface area contributed by atoms with Crippen LogP contribution in [0.4, 0.5) is 5.69 Å². The Bertz CT molecular complexity index is 1080. The number of non-ortho nitro benzene ring substituents is 1. The predicted octanol–water partition coefficient (Wildman–Crippen LogP) is 5.39. The molecule has 0 spiro atoms. The van der Waals surface area contributed by atoms with Crippen LogP contribution in [-0.2, 0) is 0 Å². The fourth-order valence-electron chi connectivity index (χ4n) is 2.81. The molecule has 1 atom stereocenters. The van der Waals surface area contributed by atoms with E-state index in [-0.39, 0.29) is 22.5 Å². The molecule has 0 aliphatic rings. The van der Waals surface area contributed by atoms with Gasteiger partial charge in [-0.15, -0.1) is 0 Å². The Hall–Kier alpha value is -2.38. The highest BCUT2D eigenvalue weighted by Crippen LogP contribution is 2.36. The maximum absolute atomic E-state index is 12.9. The molecule has 0 bridgehead atoms. The Labute approximate surface area is 165 Å². The Balaban J connectivity index is 2.07. The first-order valence-electron chi connectivity index (χ1n) is 8.40. The van der Waals surface area contributed by atoms with E-state index in [2.05, 4.69) is 4.98 Å². The van der Waals surface area contributed by atoms with Crippen LogP contribution in [-0.4, -0.2) is 14.5 Å². The number of nitro benzene ring substituents is 1. The van der Waals surface area contributed by atoms with E-state index in [9.17, 15) is 14.9 Å². The van der Waals surface area contributed by atoms with Gasteiger partial charge in [0, 0.05) is 28.4 Å². The highest BCUT2D eigenvalue weighted by atomic mass is 35.5. The maximum Gasteiger partial charge on any atom is 0.269 e. The van der Waals surface area contributed by atoms with E-state index in [1.54, 1.807) is 34.9 Å². The number of fused-ring (bicyclic) bond motifs is 1. The Morgan fingerprint density at radius 1 is 1.19 bits per heavy atom. The molecule has 0 amide bonds. The van der Waals surface area contributed by atoms with Gasteiger partial charge in [-0.25, -0.2) is 4.98 Å². The van der Waals surface area contributed by atoms with Crippen molar-refractivity contribution in [2.75, 3.05) is 0 Å². The Kier molecular flexibility index (Phi) is 5.53. The minimum atomic E-state index is -0.415. The number of aromatic nitrogens is 2. The zero-order valence-electron chi connectivity index (χ0n) is 15.0. The molecule has 0 fully saturated rings. The zero-order valence-corrected chi connectivity index (χ0v) is 16.6. The van der Waals surface area contributed by atoms with Crippen LogP contribution < -0.4 is 5.56 Å². The summed E-state index contributed by atoms with van der Waals surface area (Å²) in [6, 6.07) is 11.5. The van der Waals surface area contributed by atoms with Gasteiger partial charge in [0.2, 0.25) is 0 Å². The van der Waals surface area contributed by atoms with E-state index in [0.717, 1.165) is 5.56 Å².